The van der Waals surface area contributed by atoms with Gasteiger partial charge in [0.2, 0.25) is 0 Å². The number of hydrogen-bond acceptors (Lipinski definition) is 3. The maximum absolute atomic E-state index is 11.5. The maximum Gasteiger partial charge on any atom is 0.342 e. The molecule has 4 nitrogen and oxygen atoms in total. The van der Waals surface area contributed by atoms with Crippen LogP contribution in [0.3, 0.4) is 0 Å². The van der Waals surface area contributed by atoms with Crippen LogP contribution in [0.2, 0.25) is 0 Å². The van der Waals surface area contributed by atoms with E-state index in [1.54, 1.807) is 25.4 Å². The van der Waals surface area contributed by atoms with Gasteiger partial charge in [0.15, 0.2) is 0 Å². The predicted molar refractivity (Wildman–Crippen MR) is 48.0 cm³/mol. The lowest BCUT2D eigenvalue weighted by Crippen LogP contribution is -2.18. The number of rotatable bonds is 4. The van der Waals surface area contributed by atoms with Gasteiger partial charge in [-0.1, -0.05) is 6.92 Å². The molecule has 0 saturated heterocycles. The van der Waals surface area contributed by atoms with Gasteiger partial charge in [-0.3, -0.25) is 0 Å². The van der Waals surface area contributed by atoms with Crippen LogP contribution in [0.15, 0.2) is 23.6 Å². The molecular formula is C8H11N2O2S. The van der Waals surface area contributed by atoms with Gasteiger partial charge < -0.3 is 4.55 Å². The first kappa shape index (κ1) is 10.4. The number of nitrogens with zero attached hydrogens (tertiary/aromatic N) is 2. The van der Waals surface area contributed by atoms with E-state index in [2.05, 4.69) is 9.97 Å². The molecule has 2 atom stereocenters. The van der Waals surface area contributed by atoms with Gasteiger partial charge in [-0.25, -0.2) is 5.11 Å². The van der Waals surface area contributed by atoms with Crippen molar-refractivity contribution in [3.8, 4) is 0 Å². The second-order valence-electron chi connectivity index (χ2n) is 2.82. The molecule has 0 bridgehead atoms. The SMILES string of the molecule is CC(C[O])C[S+]([O-])c1ncccn1. The normalized spacial score (nSPS) is 15.3. The minimum Gasteiger partial charge on any atom is -0.609 e. The summed E-state index contributed by atoms with van der Waals surface area (Å²) in [6.07, 6.45) is 3.09. The first-order chi connectivity index (χ1) is 6.24. The Balaban J connectivity index is 2.53. The van der Waals surface area contributed by atoms with Gasteiger partial charge in [-0.15, -0.1) is 0 Å². The summed E-state index contributed by atoms with van der Waals surface area (Å²) in [5, 5.41) is 10.7. The van der Waals surface area contributed by atoms with Crippen LogP contribution in [0.5, 0.6) is 0 Å². The van der Waals surface area contributed by atoms with Crippen molar-refractivity contribution in [1.29, 1.82) is 0 Å². The summed E-state index contributed by atoms with van der Waals surface area (Å²) < 4.78 is 11.5. The monoisotopic (exact) mass is 199 g/mol. The lowest BCUT2D eigenvalue weighted by atomic mass is 10.2. The molecule has 0 aliphatic carbocycles. The van der Waals surface area contributed by atoms with E-state index in [1.165, 1.54) is 0 Å². The average molecular weight is 199 g/mol. The summed E-state index contributed by atoms with van der Waals surface area (Å²) in [7, 11) is 0. The molecule has 0 amide bonds. The molecule has 1 rings (SSSR count). The predicted octanol–water partition coefficient (Wildman–Crippen LogP) is 0.651. The topological polar surface area (TPSA) is 68.7 Å². The van der Waals surface area contributed by atoms with Crippen molar-refractivity contribution in [2.45, 2.75) is 12.1 Å². The van der Waals surface area contributed by atoms with E-state index in [0.717, 1.165) is 0 Å². The van der Waals surface area contributed by atoms with Gasteiger partial charge >= 0.3 is 5.16 Å². The van der Waals surface area contributed by atoms with E-state index < -0.39 is 11.2 Å². The Kier molecular flexibility index (Phi) is 4.14. The van der Waals surface area contributed by atoms with Crippen LogP contribution < -0.4 is 0 Å². The second kappa shape index (κ2) is 5.16. The Hall–Kier alpha value is -0.650. The molecule has 0 aliphatic rings. The quantitative estimate of drug-likeness (QED) is 0.528. The van der Waals surface area contributed by atoms with Crippen molar-refractivity contribution in [3.63, 3.8) is 0 Å². The summed E-state index contributed by atoms with van der Waals surface area (Å²) in [5.41, 5.74) is 0. The summed E-state index contributed by atoms with van der Waals surface area (Å²) in [4.78, 5) is 7.71. The fraction of sp³-hybridized carbons (Fsp3) is 0.500. The molecule has 13 heavy (non-hydrogen) atoms. The van der Waals surface area contributed by atoms with Gasteiger partial charge in [0, 0.05) is 29.5 Å². The smallest absolute Gasteiger partial charge is 0.342 e. The molecule has 5 heteroatoms. The van der Waals surface area contributed by atoms with Gasteiger partial charge in [-0.05, 0) is 6.07 Å². The molecule has 0 aromatic carbocycles. The van der Waals surface area contributed by atoms with Gasteiger partial charge in [0.05, 0.1) is 6.61 Å². The number of hydrogen-bond donors (Lipinski definition) is 0. The largest absolute Gasteiger partial charge is 0.609 e. The Labute approximate surface area is 80.2 Å². The second-order valence-corrected chi connectivity index (χ2v) is 4.20. The molecule has 1 heterocycles. The van der Waals surface area contributed by atoms with E-state index in [-0.39, 0.29) is 12.5 Å². The van der Waals surface area contributed by atoms with Crippen molar-refractivity contribution in [2.24, 2.45) is 5.92 Å². The Morgan fingerprint density at radius 3 is 2.69 bits per heavy atom. The fourth-order valence-corrected chi connectivity index (χ4v) is 1.90. The first-order valence-corrected chi connectivity index (χ1v) is 5.29. The van der Waals surface area contributed by atoms with Crippen molar-refractivity contribution in [3.05, 3.63) is 18.5 Å². The van der Waals surface area contributed by atoms with E-state index >= 15 is 0 Å². The van der Waals surface area contributed by atoms with Crippen LogP contribution in [-0.4, -0.2) is 26.9 Å². The van der Waals surface area contributed by atoms with Crippen molar-refractivity contribution in [1.82, 2.24) is 9.97 Å². The summed E-state index contributed by atoms with van der Waals surface area (Å²) >= 11 is -1.24. The van der Waals surface area contributed by atoms with Crippen LogP contribution in [0, 0.1) is 5.92 Å². The lowest BCUT2D eigenvalue weighted by molar-refractivity contribution is 0.159. The van der Waals surface area contributed by atoms with Crippen LogP contribution in [-0.2, 0) is 16.3 Å². The zero-order valence-corrected chi connectivity index (χ0v) is 8.16. The highest BCUT2D eigenvalue weighted by Gasteiger charge is 2.17. The lowest BCUT2D eigenvalue weighted by Gasteiger charge is -2.10. The average Bonchev–Trinajstić information content (AvgIpc) is 2.19. The van der Waals surface area contributed by atoms with Crippen LogP contribution in [0.25, 0.3) is 0 Å². The summed E-state index contributed by atoms with van der Waals surface area (Å²) in [6.45, 7) is 1.56. The molecule has 0 aliphatic heterocycles. The molecule has 2 unspecified atom stereocenters. The third kappa shape index (κ3) is 3.30. The summed E-state index contributed by atoms with van der Waals surface area (Å²) in [5.74, 6) is 0.248. The third-order valence-electron chi connectivity index (χ3n) is 1.47. The van der Waals surface area contributed by atoms with E-state index in [9.17, 15) is 9.66 Å². The third-order valence-corrected chi connectivity index (χ3v) is 2.96. The highest BCUT2D eigenvalue weighted by Crippen LogP contribution is 2.08. The molecule has 0 fully saturated rings. The minimum atomic E-state index is -1.24. The summed E-state index contributed by atoms with van der Waals surface area (Å²) in [6, 6.07) is 1.66. The van der Waals surface area contributed by atoms with Gasteiger partial charge in [-0.2, -0.15) is 9.97 Å². The van der Waals surface area contributed by atoms with Crippen LogP contribution in [0.4, 0.5) is 0 Å². The highest BCUT2D eigenvalue weighted by atomic mass is 32.2. The Morgan fingerprint density at radius 1 is 1.54 bits per heavy atom. The van der Waals surface area contributed by atoms with E-state index in [4.69, 9.17) is 0 Å². The Morgan fingerprint density at radius 2 is 2.15 bits per heavy atom. The molecule has 0 saturated carbocycles. The molecule has 0 N–H and O–H groups in total. The zero-order chi connectivity index (χ0) is 9.68. The molecular weight excluding hydrogens is 188 g/mol. The molecule has 1 aromatic heterocycles. The molecule has 1 radical (unpaired) electrons. The first-order valence-electron chi connectivity index (χ1n) is 3.97. The van der Waals surface area contributed by atoms with E-state index in [1.807, 2.05) is 0 Å². The highest BCUT2D eigenvalue weighted by molar-refractivity contribution is 7.91. The van der Waals surface area contributed by atoms with Crippen LogP contribution >= 0.6 is 0 Å². The minimum absolute atomic E-state index is 0.0929. The van der Waals surface area contributed by atoms with Crippen molar-refractivity contribution >= 4 is 11.2 Å². The van der Waals surface area contributed by atoms with Crippen molar-refractivity contribution in [2.75, 3.05) is 12.4 Å². The van der Waals surface area contributed by atoms with Crippen LogP contribution in [0.1, 0.15) is 6.92 Å². The van der Waals surface area contributed by atoms with Gasteiger partial charge in [0.1, 0.15) is 5.75 Å². The van der Waals surface area contributed by atoms with E-state index in [0.29, 0.717) is 10.9 Å². The zero-order valence-electron chi connectivity index (χ0n) is 7.34. The van der Waals surface area contributed by atoms with Crippen molar-refractivity contribution < 1.29 is 9.66 Å². The Bertz CT molecular complexity index is 245. The van der Waals surface area contributed by atoms with Gasteiger partial charge in [0.25, 0.3) is 0 Å². The maximum atomic E-state index is 11.5. The molecule has 0 spiro atoms. The fourth-order valence-electron chi connectivity index (χ4n) is 0.784. The molecule has 1 aromatic rings. The standard InChI is InChI=1S/C8H11N2O2S/c1-7(5-11)6-13(12)8-9-3-2-4-10-8/h2-4,7H,5-6H2,1H3. The number of aromatic nitrogens is 2. The molecule has 71 valence electrons.